The Labute approximate surface area is 165 Å². The van der Waals surface area contributed by atoms with Crippen molar-refractivity contribution in [1.29, 1.82) is 0 Å². The Kier molecular flexibility index (Phi) is 6.89. The molecule has 1 N–H and O–H groups in total. The van der Waals surface area contributed by atoms with E-state index < -0.39 is 0 Å². The van der Waals surface area contributed by atoms with Crippen LogP contribution in [0.4, 0.5) is 0 Å². The summed E-state index contributed by atoms with van der Waals surface area (Å²) in [6.07, 6.45) is 1.88. The molecule has 2 aromatic rings. The van der Waals surface area contributed by atoms with Crippen LogP contribution in [0, 0.1) is 0 Å². The van der Waals surface area contributed by atoms with Crippen LogP contribution >= 0.6 is 0 Å². The first kappa shape index (κ1) is 19.7. The largest absolute Gasteiger partial charge is 0.493 e. The van der Waals surface area contributed by atoms with Crippen LogP contribution < -0.4 is 14.8 Å². The lowest BCUT2D eigenvalue weighted by Gasteiger charge is -2.32. The molecule has 0 spiro atoms. The fourth-order valence-electron chi connectivity index (χ4n) is 3.30. The lowest BCUT2D eigenvalue weighted by molar-refractivity contribution is -0.134. The number of carbonyl (C=O) groups is 2. The predicted octanol–water partition coefficient (Wildman–Crippen LogP) is 2.42. The predicted molar refractivity (Wildman–Crippen MR) is 106 cm³/mol. The van der Waals surface area contributed by atoms with Gasteiger partial charge in [0.25, 0.3) is 5.91 Å². The molecule has 6 nitrogen and oxygen atoms in total. The standard InChI is InChI=1S/C22H26N2O4/c1-27-19-9-5-6-10-20(19)28-16-22(26)24-13-11-18(12-14-24)23-21(25)15-17-7-3-2-4-8-17/h2-10,18H,11-16H2,1H3,(H,23,25). The van der Waals surface area contributed by atoms with Crippen LogP contribution in [0.1, 0.15) is 18.4 Å². The van der Waals surface area contributed by atoms with Crippen molar-refractivity contribution in [2.45, 2.75) is 25.3 Å². The summed E-state index contributed by atoms with van der Waals surface area (Å²) in [6.45, 7) is 1.21. The molecular formula is C22H26N2O4. The summed E-state index contributed by atoms with van der Waals surface area (Å²) in [4.78, 5) is 26.4. The molecule has 0 aromatic heterocycles. The highest BCUT2D eigenvalue weighted by Gasteiger charge is 2.24. The smallest absolute Gasteiger partial charge is 0.260 e. The summed E-state index contributed by atoms with van der Waals surface area (Å²) in [7, 11) is 1.57. The molecule has 1 saturated heterocycles. The van der Waals surface area contributed by atoms with Crippen LogP contribution in [0.5, 0.6) is 11.5 Å². The third-order valence-electron chi connectivity index (χ3n) is 4.84. The van der Waals surface area contributed by atoms with E-state index in [1.807, 2.05) is 42.5 Å². The molecule has 0 aliphatic carbocycles. The quantitative estimate of drug-likeness (QED) is 0.799. The third kappa shape index (κ3) is 5.49. The second-order valence-electron chi connectivity index (χ2n) is 6.82. The number of carbonyl (C=O) groups excluding carboxylic acids is 2. The van der Waals surface area contributed by atoms with Crippen LogP contribution in [0.15, 0.2) is 54.6 Å². The number of hydrogen-bond acceptors (Lipinski definition) is 4. The highest BCUT2D eigenvalue weighted by molar-refractivity contribution is 5.79. The van der Waals surface area contributed by atoms with E-state index in [4.69, 9.17) is 9.47 Å². The zero-order valence-corrected chi connectivity index (χ0v) is 16.1. The molecule has 0 atom stereocenters. The van der Waals surface area contributed by atoms with Crippen molar-refractivity contribution in [1.82, 2.24) is 10.2 Å². The number of rotatable bonds is 7. The maximum atomic E-state index is 12.4. The normalized spacial score (nSPS) is 14.4. The van der Waals surface area contributed by atoms with Crippen LogP contribution in [0.2, 0.25) is 0 Å². The number of amides is 2. The van der Waals surface area contributed by atoms with Crippen molar-refractivity contribution in [2.24, 2.45) is 0 Å². The van der Waals surface area contributed by atoms with Gasteiger partial charge in [-0.25, -0.2) is 0 Å². The summed E-state index contributed by atoms with van der Waals surface area (Å²) >= 11 is 0. The fourth-order valence-corrected chi connectivity index (χ4v) is 3.30. The van der Waals surface area contributed by atoms with Gasteiger partial charge in [0, 0.05) is 19.1 Å². The number of nitrogens with zero attached hydrogens (tertiary/aromatic N) is 1. The van der Waals surface area contributed by atoms with E-state index in [0.29, 0.717) is 31.0 Å². The number of benzene rings is 2. The van der Waals surface area contributed by atoms with Gasteiger partial charge in [0.2, 0.25) is 5.91 Å². The Hall–Kier alpha value is -3.02. The second-order valence-corrected chi connectivity index (χ2v) is 6.82. The minimum atomic E-state index is -0.0556. The Morgan fingerprint density at radius 1 is 1.00 bits per heavy atom. The average Bonchev–Trinajstić information content (AvgIpc) is 2.73. The van der Waals surface area contributed by atoms with Gasteiger partial charge in [-0.1, -0.05) is 42.5 Å². The number of methoxy groups -OCH3 is 1. The third-order valence-corrected chi connectivity index (χ3v) is 4.84. The van der Waals surface area contributed by atoms with Gasteiger partial charge >= 0.3 is 0 Å². The van der Waals surface area contributed by atoms with Crippen molar-refractivity contribution in [2.75, 3.05) is 26.8 Å². The van der Waals surface area contributed by atoms with Crippen LogP contribution in [-0.2, 0) is 16.0 Å². The summed E-state index contributed by atoms with van der Waals surface area (Å²) in [6, 6.07) is 17.1. The van der Waals surface area contributed by atoms with E-state index in [1.54, 1.807) is 24.1 Å². The van der Waals surface area contributed by atoms with Gasteiger partial charge in [0.1, 0.15) is 0 Å². The highest BCUT2D eigenvalue weighted by Crippen LogP contribution is 2.25. The van der Waals surface area contributed by atoms with Crippen LogP contribution in [-0.4, -0.2) is 49.6 Å². The molecule has 28 heavy (non-hydrogen) atoms. The van der Waals surface area contributed by atoms with Gasteiger partial charge in [-0.3, -0.25) is 9.59 Å². The Morgan fingerprint density at radius 3 is 2.32 bits per heavy atom. The maximum Gasteiger partial charge on any atom is 0.260 e. The highest BCUT2D eigenvalue weighted by atomic mass is 16.5. The summed E-state index contributed by atoms with van der Waals surface area (Å²) in [5.74, 6) is 1.13. The molecular weight excluding hydrogens is 356 g/mol. The monoisotopic (exact) mass is 382 g/mol. The zero-order chi connectivity index (χ0) is 19.8. The second kappa shape index (κ2) is 9.78. The molecule has 6 heteroatoms. The van der Waals surface area contributed by atoms with Crippen molar-refractivity contribution in [3.63, 3.8) is 0 Å². The Balaban J connectivity index is 1.40. The van der Waals surface area contributed by atoms with E-state index in [2.05, 4.69) is 5.32 Å². The molecule has 0 saturated carbocycles. The Bertz CT molecular complexity index is 786. The SMILES string of the molecule is COc1ccccc1OCC(=O)N1CCC(NC(=O)Cc2ccccc2)CC1. The van der Waals surface area contributed by atoms with Crippen LogP contribution in [0.3, 0.4) is 0 Å². The molecule has 2 amide bonds. The number of nitrogens with one attached hydrogen (secondary N) is 1. The number of likely N-dealkylation sites (tertiary alicyclic amines) is 1. The first-order valence-electron chi connectivity index (χ1n) is 9.52. The van der Waals surface area contributed by atoms with E-state index in [9.17, 15) is 9.59 Å². The van der Waals surface area contributed by atoms with E-state index >= 15 is 0 Å². The molecule has 0 unspecified atom stereocenters. The first-order valence-corrected chi connectivity index (χ1v) is 9.52. The van der Waals surface area contributed by atoms with Crippen LogP contribution in [0.25, 0.3) is 0 Å². The molecule has 1 aliphatic heterocycles. The van der Waals surface area contributed by atoms with Crippen molar-refractivity contribution in [3.05, 3.63) is 60.2 Å². The summed E-state index contributed by atoms with van der Waals surface area (Å²) < 4.78 is 10.8. The molecule has 3 rings (SSSR count). The zero-order valence-electron chi connectivity index (χ0n) is 16.1. The summed E-state index contributed by atoms with van der Waals surface area (Å²) in [5, 5.41) is 3.08. The van der Waals surface area contributed by atoms with E-state index in [1.165, 1.54) is 0 Å². The molecule has 1 aliphatic rings. The van der Waals surface area contributed by atoms with Crippen molar-refractivity contribution < 1.29 is 19.1 Å². The minimum Gasteiger partial charge on any atom is -0.493 e. The topological polar surface area (TPSA) is 67.9 Å². The molecule has 148 valence electrons. The lowest BCUT2D eigenvalue weighted by atomic mass is 10.0. The maximum absolute atomic E-state index is 12.4. The van der Waals surface area contributed by atoms with E-state index in [0.717, 1.165) is 18.4 Å². The fraction of sp³-hybridized carbons (Fsp3) is 0.364. The molecule has 0 radical (unpaired) electrons. The molecule has 0 bridgehead atoms. The first-order chi connectivity index (χ1) is 13.7. The minimum absolute atomic E-state index is 0.0224. The van der Waals surface area contributed by atoms with Crippen molar-refractivity contribution in [3.8, 4) is 11.5 Å². The number of para-hydroxylation sites is 2. The van der Waals surface area contributed by atoms with E-state index in [-0.39, 0.29) is 24.5 Å². The summed E-state index contributed by atoms with van der Waals surface area (Å²) in [5.41, 5.74) is 1.00. The molecule has 1 fully saturated rings. The number of ether oxygens (including phenoxy) is 2. The van der Waals surface area contributed by atoms with Gasteiger partial charge in [-0.05, 0) is 30.5 Å². The molecule has 1 heterocycles. The molecule has 2 aromatic carbocycles. The van der Waals surface area contributed by atoms with Gasteiger partial charge in [-0.2, -0.15) is 0 Å². The lowest BCUT2D eigenvalue weighted by Crippen LogP contribution is -2.48. The van der Waals surface area contributed by atoms with Crippen molar-refractivity contribution >= 4 is 11.8 Å². The van der Waals surface area contributed by atoms with Gasteiger partial charge in [0.15, 0.2) is 18.1 Å². The van der Waals surface area contributed by atoms with Gasteiger partial charge < -0.3 is 19.7 Å². The number of piperidine rings is 1. The average molecular weight is 382 g/mol. The Morgan fingerprint density at radius 2 is 1.64 bits per heavy atom. The van der Waals surface area contributed by atoms with Gasteiger partial charge in [-0.15, -0.1) is 0 Å². The number of hydrogen-bond donors (Lipinski definition) is 1. The van der Waals surface area contributed by atoms with Gasteiger partial charge in [0.05, 0.1) is 13.5 Å².